The molecule has 1 amide bonds. The van der Waals surface area contributed by atoms with Gasteiger partial charge in [0.15, 0.2) is 5.69 Å². The van der Waals surface area contributed by atoms with Crippen molar-refractivity contribution >= 4 is 38.9 Å². The number of hydrogen-bond acceptors (Lipinski definition) is 5. The summed E-state index contributed by atoms with van der Waals surface area (Å²) < 4.78 is 12.9. The predicted molar refractivity (Wildman–Crippen MR) is 100 cm³/mol. The van der Waals surface area contributed by atoms with E-state index in [1.807, 2.05) is 39.0 Å². The maximum atomic E-state index is 12.4. The summed E-state index contributed by atoms with van der Waals surface area (Å²) in [5.74, 6) is -0.443. The van der Waals surface area contributed by atoms with Crippen LogP contribution in [0.1, 0.15) is 43.7 Å². The second kappa shape index (κ2) is 6.90. The summed E-state index contributed by atoms with van der Waals surface area (Å²) in [6.45, 7) is 6.51. The van der Waals surface area contributed by atoms with Crippen molar-refractivity contribution in [1.82, 2.24) is 14.7 Å². The summed E-state index contributed by atoms with van der Waals surface area (Å²) in [6.07, 6.45) is 0.345. The average molecular weight is 424 g/mol. The molecule has 0 bridgehead atoms. The van der Waals surface area contributed by atoms with Crippen LogP contribution in [0.3, 0.4) is 0 Å². The van der Waals surface area contributed by atoms with Crippen molar-refractivity contribution < 1.29 is 19.1 Å². The van der Waals surface area contributed by atoms with Crippen molar-refractivity contribution in [1.29, 1.82) is 0 Å². The van der Waals surface area contributed by atoms with E-state index in [4.69, 9.17) is 9.47 Å². The molecule has 2 aromatic rings. The number of aromatic nitrogens is 2. The van der Waals surface area contributed by atoms with Crippen molar-refractivity contribution in [3.63, 3.8) is 0 Å². The van der Waals surface area contributed by atoms with Crippen LogP contribution in [0.15, 0.2) is 22.7 Å². The van der Waals surface area contributed by atoms with Crippen LogP contribution < -0.4 is 0 Å². The standard InChI is InChI=1S/C18H22BrN3O4/c1-18(2,3)26-17(24)21-8-7-12(10-21)22-15(16(23)25-4)13-9-11(19)5-6-14(13)20-22/h5-6,9,12H,7-8,10H2,1-4H3/t12-/m0/s1. The first-order valence-electron chi connectivity index (χ1n) is 8.43. The van der Waals surface area contributed by atoms with E-state index in [0.717, 1.165) is 9.86 Å². The van der Waals surface area contributed by atoms with E-state index in [2.05, 4.69) is 21.0 Å². The van der Waals surface area contributed by atoms with E-state index in [-0.39, 0.29) is 12.1 Å². The first-order chi connectivity index (χ1) is 12.2. The van der Waals surface area contributed by atoms with Crippen molar-refractivity contribution in [2.24, 2.45) is 0 Å². The highest BCUT2D eigenvalue weighted by Gasteiger charge is 2.34. The molecule has 2 heterocycles. The molecule has 0 N–H and O–H groups in total. The largest absolute Gasteiger partial charge is 0.464 e. The van der Waals surface area contributed by atoms with Gasteiger partial charge in [-0.15, -0.1) is 0 Å². The van der Waals surface area contributed by atoms with Crippen LogP contribution >= 0.6 is 15.9 Å². The highest BCUT2D eigenvalue weighted by Crippen LogP contribution is 2.30. The number of nitrogens with zero attached hydrogens (tertiary/aromatic N) is 3. The van der Waals surface area contributed by atoms with Gasteiger partial charge in [-0.1, -0.05) is 15.9 Å². The molecule has 1 aromatic heterocycles. The van der Waals surface area contributed by atoms with Crippen LogP contribution in [0.4, 0.5) is 4.79 Å². The number of likely N-dealkylation sites (tertiary alicyclic amines) is 1. The molecule has 0 unspecified atom stereocenters. The van der Waals surface area contributed by atoms with E-state index < -0.39 is 11.6 Å². The summed E-state index contributed by atoms with van der Waals surface area (Å²) in [6, 6.07) is 5.47. The molecule has 0 radical (unpaired) electrons. The van der Waals surface area contributed by atoms with E-state index in [0.29, 0.717) is 30.7 Å². The highest BCUT2D eigenvalue weighted by molar-refractivity contribution is 9.10. The number of halogens is 1. The quantitative estimate of drug-likeness (QED) is 0.687. The van der Waals surface area contributed by atoms with Gasteiger partial charge in [0, 0.05) is 22.9 Å². The van der Waals surface area contributed by atoms with E-state index >= 15 is 0 Å². The summed E-state index contributed by atoms with van der Waals surface area (Å²) in [5, 5.41) is 5.31. The maximum Gasteiger partial charge on any atom is 0.410 e. The fourth-order valence-corrected chi connectivity index (χ4v) is 3.43. The second-order valence-corrected chi connectivity index (χ2v) is 8.23. The third-order valence-corrected chi connectivity index (χ3v) is 4.69. The molecule has 1 aromatic carbocycles. The number of carbonyl (C=O) groups is 2. The molecule has 8 heteroatoms. The van der Waals surface area contributed by atoms with Gasteiger partial charge in [-0.25, -0.2) is 9.59 Å². The molecule has 1 fully saturated rings. The predicted octanol–water partition coefficient (Wildman–Crippen LogP) is 3.77. The van der Waals surface area contributed by atoms with Crippen LogP contribution in [0.2, 0.25) is 0 Å². The number of rotatable bonds is 2. The Hall–Kier alpha value is -2.09. The zero-order valence-corrected chi connectivity index (χ0v) is 16.9. The molecule has 7 nitrogen and oxygen atoms in total. The summed E-state index contributed by atoms with van der Waals surface area (Å²) >= 11 is 3.43. The number of hydrogen-bond donors (Lipinski definition) is 0. The average Bonchev–Trinajstić information content (AvgIpc) is 3.16. The molecule has 1 atom stereocenters. The van der Waals surface area contributed by atoms with Gasteiger partial charge in [-0.3, -0.25) is 4.68 Å². The molecule has 0 saturated carbocycles. The number of methoxy groups -OCH3 is 1. The van der Waals surface area contributed by atoms with Crippen molar-refractivity contribution in [2.75, 3.05) is 20.2 Å². The number of fused-ring (bicyclic) bond motifs is 1. The SMILES string of the molecule is COC(=O)c1c2cc(Br)ccc2nn1[C@H]1CCN(C(=O)OC(C)(C)C)C1. The minimum Gasteiger partial charge on any atom is -0.464 e. The number of amides is 1. The Morgan fingerprint density at radius 1 is 1.31 bits per heavy atom. The molecular formula is C18H22BrN3O4. The minimum atomic E-state index is -0.543. The van der Waals surface area contributed by atoms with Crippen molar-refractivity contribution in [3.05, 3.63) is 28.4 Å². The first kappa shape index (κ1) is 18.7. The maximum absolute atomic E-state index is 12.4. The van der Waals surface area contributed by atoms with Crippen LogP contribution in [0, 0.1) is 0 Å². The van der Waals surface area contributed by atoms with Crippen LogP contribution in [0.5, 0.6) is 0 Å². The fraction of sp³-hybridized carbons (Fsp3) is 0.500. The molecule has 1 aliphatic rings. The Kier molecular flexibility index (Phi) is 4.96. The normalized spacial score (nSPS) is 17.6. The number of esters is 1. The highest BCUT2D eigenvalue weighted by atomic mass is 79.9. The molecule has 0 aliphatic carbocycles. The molecule has 0 spiro atoms. The lowest BCUT2D eigenvalue weighted by molar-refractivity contribution is 0.0288. The van der Waals surface area contributed by atoms with Gasteiger partial charge >= 0.3 is 12.1 Å². The first-order valence-corrected chi connectivity index (χ1v) is 9.23. The van der Waals surface area contributed by atoms with Crippen LogP contribution in [0.25, 0.3) is 10.9 Å². The monoisotopic (exact) mass is 423 g/mol. The Bertz CT molecular complexity index is 856. The zero-order valence-electron chi connectivity index (χ0n) is 15.3. The van der Waals surface area contributed by atoms with E-state index in [1.54, 1.807) is 9.58 Å². The van der Waals surface area contributed by atoms with Crippen molar-refractivity contribution in [2.45, 2.75) is 38.8 Å². The topological polar surface area (TPSA) is 73.7 Å². The van der Waals surface area contributed by atoms with Gasteiger partial charge < -0.3 is 14.4 Å². The van der Waals surface area contributed by atoms with Crippen LogP contribution in [-0.4, -0.2) is 52.5 Å². The third kappa shape index (κ3) is 3.70. The van der Waals surface area contributed by atoms with E-state index in [9.17, 15) is 9.59 Å². The van der Waals surface area contributed by atoms with E-state index in [1.165, 1.54) is 7.11 Å². The molecule has 140 valence electrons. The van der Waals surface area contributed by atoms with Gasteiger partial charge in [0.05, 0.1) is 18.7 Å². The van der Waals surface area contributed by atoms with Gasteiger partial charge in [-0.2, -0.15) is 5.10 Å². The molecule has 3 rings (SSSR count). The summed E-state index contributed by atoms with van der Waals surface area (Å²) in [5.41, 5.74) is 0.572. The third-order valence-electron chi connectivity index (χ3n) is 4.20. The minimum absolute atomic E-state index is 0.109. The molecule has 26 heavy (non-hydrogen) atoms. The lowest BCUT2D eigenvalue weighted by atomic mass is 10.2. The van der Waals surface area contributed by atoms with Gasteiger partial charge in [0.2, 0.25) is 0 Å². The van der Waals surface area contributed by atoms with Gasteiger partial charge in [0.25, 0.3) is 0 Å². The summed E-state index contributed by atoms with van der Waals surface area (Å²) in [4.78, 5) is 26.3. The lowest BCUT2D eigenvalue weighted by Gasteiger charge is -2.24. The molecular weight excluding hydrogens is 402 g/mol. The lowest BCUT2D eigenvalue weighted by Crippen LogP contribution is -2.35. The van der Waals surface area contributed by atoms with Gasteiger partial charge in [-0.05, 0) is 45.4 Å². The molecule has 1 aliphatic heterocycles. The Morgan fingerprint density at radius 2 is 2.04 bits per heavy atom. The smallest absolute Gasteiger partial charge is 0.410 e. The fourth-order valence-electron chi connectivity index (χ4n) is 3.07. The number of benzene rings is 1. The Morgan fingerprint density at radius 3 is 2.69 bits per heavy atom. The van der Waals surface area contributed by atoms with Gasteiger partial charge in [0.1, 0.15) is 5.60 Å². The number of ether oxygens (including phenoxy) is 2. The molecule has 1 saturated heterocycles. The van der Waals surface area contributed by atoms with Crippen LogP contribution in [-0.2, 0) is 9.47 Å². The Labute approximate surface area is 160 Å². The zero-order chi connectivity index (χ0) is 19.1. The Balaban J connectivity index is 1.91. The summed E-state index contributed by atoms with van der Waals surface area (Å²) in [7, 11) is 1.35. The second-order valence-electron chi connectivity index (χ2n) is 7.32. The van der Waals surface area contributed by atoms with Crippen molar-refractivity contribution in [3.8, 4) is 0 Å². The number of carbonyl (C=O) groups excluding carboxylic acids is 2.